The lowest BCUT2D eigenvalue weighted by Gasteiger charge is -2.09. The zero-order valence-electron chi connectivity index (χ0n) is 14.5. The van der Waals surface area contributed by atoms with E-state index >= 15 is 0 Å². The van der Waals surface area contributed by atoms with Crippen molar-refractivity contribution in [2.75, 3.05) is 0 Å². The first kappa shape index (κ1) is 18.1. The maximum Gasteiger partial charge on any atom is 0.331 e. The third-order valence-electron chi connectivity index (χ3n) is 4.03. The van der Waals surface area contributed by atoms with Crippen molar-refractivity contribution in [3.63, 3.8) is 0 Å². The molecular formula is C20H18FNO3S. The number of carbonyl (C=O) groups is 1. The Morgan fingerprint density at radius 1 is 1.12 bits per heavy atom. The zero-order valence-corrected chi connectivity index (χ0v) is 15.3. The maximum absolute atomic E-state index is 13.2. The molecule has 0 aliphatic carbocycles. The SMILES string of the molecule is CCc1ccc(OC(=O)Cn2c(-c3ccc(F)cc3)c(C)sc2=O)cc1. The van der Waals surface area contributed by atoms with Gasteiger partial charge in [-0.15, -0.1) is 0 Å². The van der Waals surface area contributed by atoms with Gasteiger partial charge in [0.15, 0.2) is 0 Å². The van der Waals surface area contributed by atoms with Crippen LogP contribution in [0.25, 0.3) is 11.3 Å². The standard InChI is InChI=1S/C20H18FNO3S/c1-3-14-4-10-17(11-5-14)25-18(23)12-22-19(13(2)26-20(22)24)15-6-8-16(21)9-7-15/h4-11H,3,12H2,1-2H3. The number of benzene rings is 2. The molecule has 26 heavy (non-hydrogen) atoms. The highest BCUT2D eigenvalue weighted by atomic mass is 32.1. The molecule has 0 aliphatic heterocycles. The van der Waals surface area contributed by atoms with Crippen molar-refractivity contribution in [2.45, 2.75) is 26.8 Å². The van der Waals surface area contributed by atoms with Gasteiger partial charge in [-0.05, 0) is 60.9 Å². The van der Waals surface area contributed by atoms with Crippen molar-refractivity contribution >= 4 is 17.3 Å². The van der Waals surface area contributed by atoms with Gasteiger partial charge in [-0.3, -0.25) is 9.36 Å². The second-order valence-corrected chi connectivity index (χ2v) is 7.00. The largest absolute Gasteiger partial charge is 0.425 e. The molecule has 0 aliphatic rings. The summed E-state index contributed by atoms with van der Waals surface area (Å²) >= 11 is 1.05. The van der Waals surface area contributed by atoms with E-state index < -0.39 is 5.97 Å². The van der Waals surface area contributed by atoms with Crippen LogP contribution < -0.4 is 9.61 Å². The summed E-state index contributed by atoms with van der Waals surface area (Å²) in [6, 6.07) is 13.1. The van der Waals surface area contributed by atoms with Crippen LogP contribution in [0.3, 0.4) is 0 Å². The minimum Gasteiger partial charge on any atom is -0.425 e. The number of hydrogen-bond acceptors (Lipinski definition) is 4. The van der Waals surface area contributed by atoms with Crippen LogP contribution in [0.5, 0.6) is 5.75 Å². The van der Waals surface area contributed by atoms with Crippen molar-refractivity contribution in [1.82, 2.24) is 4.57 Å². The fraction of sp³-hybridized carbons (Fsp3) is 0.200. The Hall–Kier alpha value is -2.73. The van der Waals surface area contributed by atoms with Crippen LogP contribution in [0, 0.1) is 12.7 Å². The molecule has 0 spiro atoms. The molecule has 0 saturated heterocycles. The third-order valence-corrected chi connectivity index (χ3v) is 4.93. The Balaban J connectivity index is 1.84. The molecule has 3 aromatic rings. The quantitative estimate of drug-likeness (QED) is 0.499. The van der Waals surface area contributed by atoms with Crippen molar-refractivity contribution in [3.05, 3.63) is 74.5 Å². The van der Waals surface area contributed by atoms with Gasteiger partial charge in [-0.2, -0.15) is 0 Å². The van der Waals surface area contributed by atoms with Crippen LogP contribution in [0.15, 0.2) is 53.3 Å². The van der Waals surface area contributed by atoms with Gasteiger partial charge in [0.05, 0.1) is 5.69 Å². The van der Waals surface area contributed by atoms with Gasteiger partial charge in [0.2, 0.25) is 0 Å². The maximum atomic E-state index is 13.2. The predicted octanol–water partition coefficient (Wildman–Crippen LogP) is 4.19. The summed E-state index contributed by atoms with van der Waals surface area (Å²) < 4.78 is 19.9. The average Bonchev–Trinajstić information content (AvgIpc) is 2.90. The summed E-state index contributed by atoms with van der Waals surface area (Å²) in [5, 5.41) is 0. The Morgan fingerprint density at radius 2 is 1.77 bits per heavy atom. The van der Waals surface area contributed by atoms with E-state index in [-0.39, 0.29) is 17.2 Å². The number of aromatic nitrogens is 1. The molecule has 134 valence electrons. The summed E-state index contributed by atoms with van der Waals surface area (Å²) in [6.07, 6.45) is 0.902. The van der Waals surface area contributed by atoms with Gasteiger partial charge in [0.1, 0.15) is 18.1 Å². The summed E-state index contributed by atoms with van der Waals surface area (Å²) in [4.78, 5) is 25.1. The fourth-order valence-electron chi connectivity index (χ4n) is 2.71. The lowest BCUT2D eigenvalue weighted by Crippen LogP contribution is -2.23. The molecule has 3 rings (SSSR count). The van der Waals surface area contributed by atoms with E-state index in [9.17, 15) is 14.0 Å². The van der Waals surface area contributed by atoms with E-state index in [1.54, 1.807) is 31.2 Å². The highest BCUT2D eigenvalue weighted by Crippen LogP contribution is 2.25. The van der Waals surface area contributed by atoms with E-state index in [2.05, 4.69) is 0 Å². The number of nitrogens with zero attached hydrogens (tertiary/aromatic N) is 1. The van der Waals surface area contributed by atoms with Crippen molar-refractivity contribution < 1.29 is 13.9 Å². The molecule has 0 amide bonds. The van der Waals surface area contributed by atoms with Crippen LogP contribution in [0.2, 0.25) is 0 Å². The van der Waals surface area contributed by atoms with Crippen molar-refractivity contribution in [1.29, 1.82) is 0 Å². The topological polar surface area (TPSA) is 48.3 Å². The number of esters is 1. The van der Waals surface area contributed by atoms with E-state index in [0.29, 0.717) is 17.0 Å². The third kappa shape index (κ3) is 3.91. The molecule has 0 radical (unpaired) electrons. The van der Waals surface area contributed by atoms with Gasteiger partial charge in [0.25, 0.3) is 0 Å². The van der Waals surface area contributed by atoms with Crippen LogP contribution >= 0.6 is 11.3 Å². The molecule has 0 bridgehead atoms. The number of rotatable bonds is 5. The Morgan fingerprint density at radius 3 is 2.38 bits per heavy atom. The number of halogens is 1. The number of thiazole rings is 1. The fourth-order valence-corrected chi connectivity index (χ4v) is 3.56. The minimum atomic E-state index is -0.530. The Kier molecular flexibility index (Phi) is 5.32. The van der Waals surface area contributed by atoms with Crippen LogP contribution in [0.1, 0.15) is 17.4 Å². The zero-order chi connectivity index (χ0) is 18.7. The highest BCUT2D eigenvalue weighted by molar-refractivity contribution is 7.09. The van der Waals surface area contributed by atoms with Gasteiger partial charge in [-0.25, -0.2) is 9.18 Å². The normalized spacial score (nSPS) is 10.7. The molecule has 0 atom stereocenters. The number of hydrogen-bond donors (Lipinski definition) is 0. The average molecular weight is 371 g/mol. The number of carbonyl (C=O) groups excluding carboxylic acids is 1. The van der Waals surface area contributed by atoms with Crippen LogP contribution in [-0.4, -0.2) is 10.5 Å². The molecule has 6 heteroatoms. The highest BCUT2D eigenvalue weighted by Gasteiger charge is 2.17. The Labute approximate surface area is 154 Å². The molecule has 0 unspecified atom stereocenters. The van der Waals surface area contributed by atoms with E-state index in [4.69, 9.17) is 4.74 Å². The minimum absolute atomic E-state index is 0.203. The molecule has 1 heterocycles. The predicted molar refractivity (Wildman–Crippen MR) is 100 cm³/mol. The first-order chi connectivity index (χ1) is 12.5. The lowest BCUT2D eigenvalue weighted by atomic mass is 10.1. The smallest absolute Gasteiger partial charge is 0.331 e. The van der Waals surface area contributed by atoms with Gasteiger partial charge in [0, 0.05) is 4.88 Å². The first-order valence-corrected chi connectivity index (χ1v) is 9.05. The van der Waals surface area contributed by atoms with Gasteiger partial charge in [-0.1, -0.05) is 30.4 Å². The first-order valence-electron chi connectivity index (χ1n) is 8.23. The molecule has 0 N–H and O–H groups in total. The summed E-state index contributed by atoms with van der Waals surface area (Å²) in [6.45, 7) is 3.64. The molecule has 4 nitrogen and oxygen atoms in total. The molecule has 1 aromatic heterocycles. The van der Waals surface area contributed by atoms with E-state index in [0.717, 1.165) is 28.2 Å². The molecule has 0 saturated carbocycles. The van der Waals surface area contributed by atoms with Crippen molar-refractivity contribution in [3.8, 4) is 17.0 Å². The van der Waals surface area contributed by atoms with E-state index in [1.807, 2.05) is 19.1 Å². The Bertz CT molecular complexity index is 972. The second-order valence-electron chi connectivity index (χ2n) is 5.84. The van der Waals surface area contributed by atoms with Crippen molar-refractivity contribution in [2.24, 2.45) is 0 Å². The molecular weight excluding hydrogens is 353 g/mol. The summed E-state index contributed by atoms with van der Waals surface area (Å²) in [7, 11) is 0. The number of ether oxygens (including phenoxy) is 1. The monoisotopic (exact) mass is 371 g/mol. The molecule has 0 fully saturated rings. The second kappa shape index (κ2) is 7.66. The summed E-state index contributed by atoms with van der Waals surface area (Å²) in [5.74, 6) is -0.446. The number of aryl methyl sites for hydroxylation is 2. The van der Waals surface area contributed by atoms with Crippen LogP contribution in [-0.2, 0) is 17.8 Å². The molecule has 2 aromatic carbocycles. The van der Waals surface area contributed by atoms with Gasteiger partial charge < -0.3 is 4.74 Å². The van der Waals surface area contributed by atoms with E-state index in [1.165, 1.54) is 16.7 Å². The lowest BCUT2D eigenvalue weighted by molar-refractivity contribution is -0.135. The van der Waals surface area contributed by atoms with Crippen LogP contribution in [0.4, 0.5) is 4.39 Å². The van der Waals surface area contributed by atoms with Gasteiger partial charge >= 0.3 is 10.8 Å². The summed E-state index contributed by atoms with van der Waals surface area (Å²) in [5.41, 5.74) is 2.44.